The van der Waals surface area contributed by atoms with Crippen LogP contribution in [-0.4, -0.2) is 68.6 Å². The first-order valence-electron chi connectivity index (χ1n) is 8.33. The average molecular weight is 312 g/mol. The van der Waals surface area contributed by atoms with E-state index < -0.39 is 8.07 Å². The molecular formula is C16H33N3OSi. The summed E-state index contributed by atoms with van der Waals surface area (Å²) in [6.45, 7) is 19.0. The first-order chi connectivity index (χ1) is 9.60. The van der Waals surface area contributed by atoms with Crippen LogP contribution in [0.25, 0.3) is 0 Å². The Kier molecular flexibility index (Phi) is 4.86. The van der Waals surface area contributed by atoms with E-state index in [1.54, 1.807) is 6.92 Å². The van der Waals surface area contributed by atoms with Crippen LogP contribution in [0.1, 0.15) is 27.7 Å². The van der Waals surface area contributed by atoms with Crippen LogP contribution < -0.4 is 5.32 Å². The van der Waals surface area contributed by atoms with Crippen LogP contribution in [0, 0.1) is 0 Å². The van der Waals surface area contributed by atoms with E-state index in [9.17, 15) is 4.79 Å². The number of rotatable bonds is 2. The highest BCUT2D eigenvalue weighted by molar-refractivity contribution is 6.80. The van der Waals surface area contributed by atoms with Crippen LogP contribution in [0.5, 0.6) is 0 Å². The predicted molar refractivity (Wildman–Crippen MR) is 91.4 cm³/mol. The Morgan fingerprint density at radius 1 is 1.24 bits per heavy atom. The Balaban J connectivity index is 1.91. The van der Waals surface area contributed by atoms with Crippen molar-refractivity contribution in [2.75, 3.05) is 32.7 Å². The highest BCUT2D eigenvalue weighted by Gasteiger charge is 2.40. The molecule has 2 heterocycles. The molecule has 0 saturated carbocycles. The van der Waals surface area contributed by atoms with Crippen molar-refractivity contribution < 1.29 is 4.79 Å². The molecule has 2 aliphatic heterocycles. The van der Waals surface area contributed by atoms with Crippen molar-refractivity contribution in [1.82, 2.24) is 15.1 Å². The molecule has 2 atom stereocenters. The van der Waals surface area contributed by atoms with E-state index in [4.69, 9.17) is 0 Å². The van der Waals surface area contributed by atoms with Gasteiger partial charge >= 0.3 is 0 Å². The summed E-state index contributed by atoms with van der Waals surface area (Å²) in [6, 6.07) is 2.49. The number of fused-ring (bicyclic) bond motifs is 1. The summed E-state index contributed by atoms with van der Waals surface area (Å²) in [4.78, 5) is 16.1. The molecule has 2 saturated heterocycles. The number of hydrogen-bond donors (Lipinski definition) is 1. The lowest BCUT2D eigenvalue weighted by Gasteiger charge is -2.48. The summed E-state index contributed by atoms with van der Waals surface area (Å²) in [6.07, 6.45) is 0. The highest BCUT2D eigenvalue weighted by atomic mass is 28.3. The first kappa shape index (κ1) is 17.0. The Morgan fingerprint density at radius 2 is 1.90 bits per heavy atom. The predicted octanol–water partition coefficient (Wildman–Crippen LogP) is 2.00. The SMILES string of the molecule is CC(=O)N1CCN2CC(C[Si](C)(C)C(C)(C)C)NC[C@H]2C1. The number of nitrogens with zero attached hydrogens (tertiary/aromatic N) is 2. The van der Waals surface area contributed by atoms with Crippen molar-refractivity contribution in [1.29, 1.82) is 0 Å². The first-order valence-corrected chi connectivity index (χ1v) is 11.5. The quantitative estimate of drug-likeness (QED) is 0.792. The fourth-order valence-corrected chi connectivity index (χ4v) is 5.44. The lowest BCUT2D eigenvalue weighted by molar-refractivity contribution is -0.132. The largest absolute Gasteiger partial charge is 0.340 e. The molecule has 5 heteroatoms. The van der Waals surface area contributed by atoms with Gasteiger partial charge in [0.05, 0.1) is 8.07 Å². The van der Waals surface area contributed by atoms with Crippen LogP contribution in [0.15, 0.2) is 0 Å². The molecule has 0 bridgehead atoms. The maximum atomic E-state index is 11.5. The lowest BCUT2D eigenvalue weighted by Crippen LogP contribution is -2.65. The number of amides is 1. The minimum Gasteiger partial charge on any atom is -0.340 e. The number of carbonyl (C=O) groups excluding carboxylic acids is 1. The van der Waals surface area contributed by atoms with Gasteiger partial charge in [0, 0.05) is 51.7 Å². The molecule has 2 rings (SSSR count). The van der Waals surface area contributed by atoms with Gasteiger partial charge in [-0.3, -0.25) is 9.69 Å². The zero-order valence-corrected chi connectivity index (χ0v) is 15.7. The van der Waals surface area contributed by atoms with Gasteiger partial charge in [-0.15, -0.1) is 0 Å². The van der Waals surface area contributed by atoms with Gasteiger partial charge in [-0.25, -0.2) is 0 Å². The number of nitrogens with one attached hydrogen (secondary N) is 1. The Bertz CT molecular complexity index is 391. The summed E-state index contributed by atoms with van der Waals surface area (Å²) in [5.41, 5.74) is 0. The smallest absolute Gasteiger partial charge is 0.219 e. The molecule has 0 spiro atoms. The molecule has 122 valence electrons. The van der Waals surface area contributed by atoms with Gasteiger partial charge in [-0.1, -0.05) is 33.9 Å². The van der Waals surface area contributed by atoms with E-state index in [0.717, 1.165) is 32.7 Å². The molecule has 0 aromatic rings. The normalized spacial score (nSPS) is 28.4. The van der Waals surface area contributed by atoms with Crippen LogP contribution in [0.3, 0.4) is 0 Å². The lowest BCUT2D eigenvalue weighted by atomic mass is 10.1. The molecule has 1 N–H and O–H groups in total. The molecule has 2 aliphatic rings. The number of hydrogen-bond acceptors (Lipinski definition) is 3. The molecule has 1 amide bonds. The number of piperazine rings is 2. The van der Waals surface area contributed by atoms with Crippen molar-refractivity contribution in [2.45, 2.75) is 64.0 Å². The zero-order chi connectivity index (χ0) is 15.8. The summed E-state index contributed by atoms with van der Waals surface area (Å²) in [7, 11) is -1.23. The van der Waals surface area contributed by atoms with Crippen molar-refractivity contribution >= 4 is 14.0 Å². The Hall–Kier alpha value is -0.393. The second kappa shape index (κ2) is 6.01. The van der Waals surface area contributed by atoms with E-state index in [0.29, 0.717) is 17.1 Å². The molecule has 1 unspecified atom stereocenters. The fourth-order valence-electron chi connectivity index (χ4n) is 3.32. The van der Waals surface area contributed by atoms with Gasteiger partial charge in [0.2, 0.25) is 5.91 Å². The third-order valence-corrected chi connectivity index (χ3v) is 11.5. The topological polar surface area (TPSA) is 35.6 Å². The second-order valence-corrected chi connectivity index (χ2v) is 14.2. The molecule has 0 radical (unpaired) electrons. The molecule has 0 aromatic carbocycles. The van der Waals surface area contributed by atoms with Gasteiger partial charge in [-0.2, -0.15) is 0 Å². The molecule has 0 aromatic heterocycles. The van der Waals surface area contributed by atoms with Crippen molar-refractivity contribution in [3.05, 3.63) is 0 Å². The standard InChI is InChI=1S/C16H33N3OSi/c1-13(20)18-7-8-19-10-14(17-9-15(19)11-18)12-21(5,6)16(2,3)4/h14-15,17H,7-12H2,1-6H3/t14?,15-/m0/s1. The Morgan fingerprint density at radius 3 is 2.48 bits per heavy atom. The third-order valence-electron chi connectivity index (χ3n) is 5.93. The van der Waals surface area contributed by atoms with Gasteiger partial charge in [0.15, 0.2) is 0 Å². The van der Waals surface area contributed by atoms with Crippen LogP contribution in [0.4, 0.5) is 0 Å². The minimum absolute atomic E-state index is 0.220. The summed E-state index contributed by atoms with van der Waals surface area (Å²) >= 11 is 0. The van der Waals surface area contributed by atoms with Gasteiger partial charge in [0.1, 0.15) is 0 Å². The van der Waals surface area contributed by atoms with E-state index in [2.05, 4.69) is 44.1 Å². The molecular weight excluding hydrogens is 278 g/mol. The molecule has 2 fully saturated rings. The van der Waals surface area contributed by atoms with Gasteiger partial charge in [-0.05, 0) is 11.1 Å². The maximum absolute atomic E-state index is 11.5. The Labute approximate surface area is 131 Å². The molecule has 4 nitrogen and oxygen atoms in total. The van der Waals surface area contributed by atoms with E-state index in [-0.39, 0.29) is 5.91 Å². The molecule has 21 heavy (non-hydrogen) atoms. The van der Waals surface area contributed by atoms with E-state index >= 15 is 0 Å². The summed E-state index contributed by atoms with van der Waals surface area (Å²) in [5, 5.41) is 4.22. The zero-order valence-electron chi connectivity index (χ0n) is 14.7. The number of carbonyl (C=O) groups is 1. The minimum atomic E-state index is -1.23. The van der Waals surface area contributed by atoms with Crippen molar-refractivity contribution in [3.63, 3.8) is 0 Å². The van der Waals surface area contributed by atoms with E-state index in [1.165, 1.54) is 6.04 Å². The highest BCUT2D eigenvalue weighted by Crippen LogP contribution is 2.39. The van der Waals surface area contributed by atoms with Crippen molar-refractivity contribution in [3.8, 4) is 0 Å². The van der Waals surface area contributed by atoms with Gasteiger partial charge in [0.25, 0.3) is 0 Å². The van der Waals surface area contributed by atoms with Crippen molar-refractivity contribution in [2.24, 2.45) is 0 Å². The van der Waals surface area contributed by atoms with Gasteiger partial charge < -0.3 is 10.2 Å². The van der Waals surface area contributed by atoms with Crippen LogP contribution in [-0.2, 0) is 4.79 Å². The van der Waals surface area contributed by atoms with Crippen LogP contribution >= 0.6 is 0 Å². The monoisotopic (exact) mass is 311 g/mol. The summed E-state index contributed by atoms with van der Waals surface area (Å²) in [5.74, 6) is 0.220. The van der Waals surface area contributed by atoms with Crippen LogP contribution in [0.2, 0.25) is 24.2 Å². The van der Waals surface area contributed by atoms with E-state index in [1.807, 2.05) is 4.90 Å². The maximum Gasteiger partial charge on any atom is 0.219 e. The molecule has 0 aliphatic carbocycles. The second-order valence-electron chi connectivity index (χ2n) is 8.56. The third kappa shape index (κ3) is 3.87. The summed E-state index contributed by atoms with van der Waals surface area (Å²) < 4.78 is 0. The fraction of sp³-hybridized carbons (Fsp3) is 0.938. The average Bonchev–Trinajstić information content (AvgIpc) is 2.36.